The fourth-order valence-corrected chi connectivity index (χ4v) is 3.28. The number of anilines is 3. The summed E-state index contributed by atoms with van der Waals surface area (Å²) in [5.41, 5.74) is 3.45. The second-order valence-corrected chi connectivity index (χ2v) is 7.38. The molecule has 0 aromatic heterocycles. The van der Waals surface area contributed by atoms with Crippen LogP contribution in [-0.2, 0) is 0 Å². The first-order valence-corrected chi connectivity index (χ1v) is 10.5. The highest BCUT2D eigenvalue weighted by Gasteiger charge is 2.02. The van der Waals surface area contributed by atoms with Crippen LogP contribution in [0, 0.1) is 0 Å². The fraction of sp³-hybridized carbons (Fsp3) is 0.500. The van der Waals surface area contributed by atoms with E-state index in [1.807, 2.05) is 18.2 Å². The minimum absolute atomic E-state index is 0.531. The Bertz CT molecular complexity index is 577. The zero-order valence-corrected chi connectivity index (χ0v) is 16.6. The molecular weight excluding hydrogens is 316 g/mol. The molecule has 2 rings (SSSR count). The van der Waals surface area contributed by atoms with Crippen molar-refractivity contribution in [3.63, 3.8) is 0 Å². The van der Waals surface area contributed by atoms with E-state index in [1.165, 1.54) is 63.5 Å². The quantitative estimate of drug-likeness (QED) is 0.360. The van der Waals surface area contributed by atoms with Gasteiger partial charge in [0.2, 0.25) is 0 Å². The first-order chi connectivity index (χ1) is 12.8. The number of benzene rings is 2. The summed E-state index contributed by atoms with van der Waals surface area (Å²) in [5.74, 6) is 0. The standard InChI is InChI=1S/C24H36N2/c1-3-4-5-6-7-8-9-11-14-21(2)25-23-17-19-24(20-18-23)26-22-15-12-10-13-16-22/h10,12-13,15-21,25-26H,3-9,11,14H2,1-2H3. The monoisotopic (exact) mass is 352 g/mol. The Morgan fingerprint density at radius 1 is 0.654 bits per heavy atom. The van der Waals surface area contributed by atoms with Gasteiger partial charge in [-0.15, -0.1) is 0 Å². The van der Waals surface area contributed by atoms with Crippen molar-refractivity contribution in [2.75, 3.05) is 10.6 Å². The van der Waals surface area contributed by atoms with E-state index in [4.69, 9.17) is 0 Å². The molecule has 0 aliphatic carbocycles. The number of hydrogen-bond donors (Lipinski definition) is 2. The lowest BCUT2D eigenvalue weighted by Crippen LogP contribution is -2.14. The maximum absolute atomic E-state index is 3.62. The maximum Gasteiger partial charge on any atom is 0.0385 e. The lowest BCUT2D eigenvalue weighted by atomic mass is 10.1. The molecule has 0 spiro atoms. The Morgan fingerprint density at radius 2 is 1.19 bits per heavy atom. The molecule has 0 saturated heterocycles. The van der Waals surface area contributed by atoms with Crippen LogP contribution in [0.4, 0.5) is 17.1 Å². The van der Waals surface area contributed by atoms with Gasteiger partial charge >= 0.3 is 0 Å². The lowest BCUT2D eigenvalue weighted by molar-refractivity contribution is 0.550. The molecule has 2 aromatic rings. The molecule has 2 nitrogen and oxygen atoms in total. The van der Waals surface area contributed by atoms with Crippen molar-refractivity contribution in [2.24, 2.45) is 0 Å². The van der Waals surface area contributed by atoms with Crippen LogP contribution in [0.2, 0.25) is 0 Å². The van der Waals surface area contributed by atoms with Gasteiger partial charge in [0, 0.05) is 23.1 Å². The molecule has 0 saturated carbocycles. The van der Waals surface area contributed by atoms with E-state index >= 15 is 0 Å². The summed E-state index contributed by atoms with van der Waals surface area (Å²) in [6, 6.07) is 19.4. The molecule has 0 radical (unpaired) electrons. The van der Waals surface area contributed by atoms with Gasteiger partial charge < -0.3 is 10.6 Å². The Morgan fingerprint density at radius 3 is 1.85 bits per heavy atom. The number of hydrogen-bond acceptors (Lipinski definition) is 2. The van der Waals surface area contributed by atoms with Gasteiger partial charge in [-0.2, -0.15) is 0 Å². The lowest BCUT2D eigenvalue weighted by Gasteiger charge is -2.16. The Hall–Kier alpha value is -1.96. The van der Waals surface area contributed by atoms with Gasteiger partial charge in [0.15, 0.2) is 0 Å². The first-order valence-electron chi connectivity index (χ1n) is 10.5. The first kappa shape index (κ1) is 20.4. The van der Waals surface area contributed by atoms with Crippen LogP contribution in [0.15, 0.2) is 54.6 Å². The third-order valence-electron chi connectivity index (χ3n) is 4.85. The van der Waals surface area contributed by atoms with Crippen LogP contribution in [0.1, 0.15) is 71.6 Å². The summed E-state index contributed by atoms with van der Waals surface area (Å²) in [4.78, 5) is 0. The zero-order chi connectivity index (χ0) is 18.5. The topological polar surface area (TPSA) is 24.1 Å². The van der Waals surface area contributed by atoms with Crippen LogP contribution in [0.5, 0.6) is 0 Å². The van der Waals surface area contributed by atoms with Gasteiger partial charge in [-0.1, -0.05) is 76.5 Å². The molecular formula is C24H36N2. The third kappa shape index (κ3) is 8.42. The Balaban J connectivity index is 1.60. The van der Waals surface area contributed by atoms with Crippen LogP contribution < -0.4 is 10.6 Å². The smallest absolute Gasteiger partial charge is 0.0385 e. The maximum atomic E-state index is 3.62. The van der Waals surface area contributed by atoms with E-state index in [0.29, 0.717) is 6.04 Å². The predicted octanol–water partition coefficient (Wildman–Crippen LogP) is 7.76. The molecule has 0 aliphatic heterocycles. The van der Waals surface area contributed by atoms with E-state index in [0.717, 1.165) is 11.4 Å². The average Bonchev–Trinajstić information content (AvgIpc) is 2.66. The number of unbranched alkanes of at least 4 members (excludes halogenated alkanes) is 7. The van der Waals surface area contributed by atoms with Crippen molar-refractivity contribution in [3.8, 4) is 0 Å². The van der Waals surface area contributed by atoms with Crippen LogP contribution >= 0.6 is 0 Å². The molecule has 1 unspecified atom stereocenters. The fourth-order valence-electron chi connectivity index (χ4n) is 3.28. The summed E-state index contributed by atoms with van der Waals surface area (Å²) in [7, 11) is 0. The van der Waals surface area contributed by atoms with Gasteiger partial charge in [-0.3, -0.25) is 0 Å². The van der Waals surface area contributed by atoms with Crippen molar-refractivity contribution in [2.45, 2.75) is 77.7 Å². The van der Waals surface area contributed by atoms with Crippen molar-refractivity contribution in [1.82, 2.24) is 0 Å². The predicted molar refractivity (Wildman–Crippen MR) is 116 cm³/mol. The summed E-state index contributed by atoms with van der Waals surface area (Å²) in [6.45, 7) is 4.57. The Labute approximate surface area is 160 Å². The molecule has 0 aliphatic rings. The molecule has 2 aromatic carbocycles. The second-order valence-electron chi connectivity index (χ2n) is 7.38. The summed E-state index contributed by atoms with van der Waals surface area (Å²) in [5, 5.41) is 7.05. The van der Waals surface area contributed by atoms with E-state index in [-0.39, 0.29) is 0 Å². The molecule has 142 valence electrons. The van der Waals surface area contributed by atoms with Gasteiger partial charge in [0.25, 0.3) is 0 Å². The zero-order valence-electron chi connectivity index (χ0n) is 16.6. The van der Waals surface area contributed by atoms with Crippen LogP contribution in [0.3, 0.4) is 0 Å². The summed E-state index contributed by atoms with van der Waals surface area (Å²) >= 11 is 0. The van der Waals surface area contributed by atoms with E-state index in [1.54, 1.807) is 0 Å². The molecule has 2 N–H and O–H groups in total. The summed E-state index contributed by atoms with van der Waals surface area (Å²) < 4.78 is 0. The number of nitrogens with one attached hydrogen (secondary N) is 2. The molecule has 26 heavy (non-hydrogen) atoms. The molecule has 2 heteroatoms. The van der Waals surface area contributed by atoms with Crippen molar-refractivity contribution < 1.29 is 0 Å². The van der Waals surface area contributed by atoms with Crippen molar-refractivity contribution in [1.29, 1.82) is 0 Å². The minimum atomic E-state index is 0.531. The highest BCUT2D eigenvalue weighted by Crippen LogP contribution is 2.20. The molecule has 0 amide bonds. The van der Waals surface area contributed by atoms with Crippen molar-refractivity contribution in [3.05, 3.63) is 54.6 Å². The largest absolute Gasteiger partial charge is 0.383 e. The SMILES string of the molecule is CCCCCCCCCCC(C)Nc1ccc(Nc2ccccc2)cc1. The van der Waals surface area contributed by atoms with Crippen LogP contribution in [0.25, 0.3) is 0 Å². The average molecular weight is 353 g/mol. The normalized spacial score (nSPS) is 11.9. The van der Waals surface area contributed by atoms with Crippen molar-refractivity contribution >= 4 is 17.1 Å². The minimum Gasteiger partial charge on any atom is -0.383 e. The highest BCUT2D eigenvalue weighted by atomic mass is 14.9. The van der Waals surface area contributed by atoms with Crippen LogP contribution in [-0.4, -0.2) is 6.04 Å². The van der Waals surface area contributed by atoms with Gasteiger partial charge in [0.1, 0.15) is 0 Å². The number of para-hydroxylation sites is 1. The van der Waals surface area contributed by atoms with Gasteiger partial charge in [0.05, 0.1) is 0 Å². The molecule has 0 fully saturated rings. The van der Waals surface area contributed by atoms with Gasteiger partial charge in [-0.25, -0.2) is 0 Å². The van der Waals surface area contributed by atoms with E-state index < -0.39 is 0 Å². The van der Waals surface area contributed by atoms with Gasteiger partial charge in [-0.05, 0) is 49.7 Å². The second kappa shape index (κ2) is 12.4. The highest BCUT2D eigenvalue weighted by molar-refractivity contribution is 5.62. The Kier molecular flexibility index (Phi) is 9.71. The third-order valence-corrected chi connectivity index (χ3v) is 4.85. The summed E-state index contributed by atoms with van der Waals surface area (Å²) in [6.07, 6.45) is 12.3. The number of rotatable bonds is 13. The molecule has 0 bridgehead atoms. The molecule has 1 atom stereocenters. The van der Waals surface area contributed by atoms with E-state index in [2.05, 4.69) is 60.9 Å². The molecule has 0 heterocycles. The van der Waals surface area contributed by atoms with E-state index in [9.17, 15) is 0 Å².